The lowest BCUT2D eigenvalue weighted by Crippen LogP contribution is -2.01. The summed E-state index contributed by atoms with van der Waals surface area (Å²) in [7, 11) is 1.66. The van der Waals surface area contributed by atoms with Gasteiger partial charge in [-0.15, -0.1) is 0 Å². The molecule has 0 N–H and O–H groups in total. The molecule has 110 valence electrons. The van der Waals surface area contributed by atoms with E-state index in [0.29, 0.717) is 6.61 Å². The van der Waals surface area contributed by atoms with Crippen LogP contribution in [0.2, 0.25) is 0 Å². The van der Waals surface area contributed by atoms with Gasteiger partial charge in [0, 0.05) is 6.21 Å². The monoisotopic (exact) mass is 395 g/mol. The van der Waals surface area contributed by atoms with Gasteiger partial charge in [0.05, 0.1) is 23.0 Å². The first-order chi connectivity index (χ1) is 10.2. The predicted octanol–water partition coefficient (Wildman–Crippen LogP) is 4.84. The molecule has 3 nitrogen and oxygen atoms in total. The van der Waals surface area contributed by atoms with Gasteiger partial charge in [0.15, 0.2) is 11.5 Å². The van der Waals surface area contributed by atoms with Crippen molar-refractivity contribution in [3.8, 4) is 11.5 Å². The smallest absolute Gasteiger partial charge is 0.174 e. The van der Waals surface area contributed by atoms with E-state index in [4.69, 9.17) is 9.47 Å². The van der Waals surface area contributed by atoms with Crippen molar-refractivity contribution in [2.75, 3.05) is 13.7 Å². The van der Waals surface area contributed by atoms with Gasteiger partial charge >= 0.3 is 0 Å². The number of hydrogen-bond acceptors (Lipinski definition) is 3. The Morgan fingerprint density at radius 1 is 1.19 bits per heavy atom. The van der Waals surface area contributed by atoms with E-state index in [1.807, 2.05) is 48.7 Å². The highest BCUT2D eigenvalue weighted by atomic mass is 127. The Labute approximate surface area is 139 Å². The third-order valence-corrected chi connectivity index (χ3v) is 3.62. The van der Waals surface area contributed by atoms with E-state index in [9.17, 15) is 0 Å². The molecule has 0 fully saturated rings. The normalized spacial score (nSPS) is 10.8. The second-order valence-electron chi connectivity index (χ2n) is 4.48. The van der Waals surface area contributed by atoms with Crippen LogP contribution in [-0.2, 0) is 0 Å². The van der Waals surface area contributed by atoms with Gasteiger partial charge in [0.25, 0.3) is 0 Å². The van der Waals surface area contributed by atoms with Crippen molar-refractivity contribution in [1.29, 1.82) is 0 Å². The fourth-order valence-corrected chi connectivity index (χ4v) is 2.60. The van der Waals surface area contributed by atoms with Gasteiger partial charge in [0.1, 0.15) is 0 Å². The second-order valence-corrected chi connectivity index (χ2v) is 5.64. The summed E-state index contributed by atoms with van der Waals surface area (Å²) in [5.41, 5.74) is 1.92. The standard InChI is InChI=1S/C17H18INO2/c1-3-9-21-17-15(18)10-13(11-16(17)20-2)12-19-14-7-5-4-6-8-14/h4-8,10-12H,3,9H2,1-2H3. The maximum atomic E-state index is 5.75. The highest BCUT2D eigenvalue weighted by Gasteiger charge is 2.10. The molecule has 0 aromatic heterocycles. The van der Waals surface area contributed by atoms with E-state index in [2.05, 4.69) is 34.5 Å². The zero-order valence-electron chi connectivity index (χ0n) is 12.2. The topological polar surface area (TPSA) is 30.8 Å². The zero-order valence-corrected chi connectivity index (χ0v) is 14.3. The van der Waals surface area contributed by atoms with Crippen molar-refractivity contribution in [3.05, 3.63) is 51.6 Å². The summed E-state index contributed by atoms with van der Waals surface area (Å²) in [6, 6.07) is 13.8. The Kier molecular flexibility index (Phi) is 6.04. The molecule has 0 aliphatic rings. The quantitative estimate of drug-likeness (QED) is 0.518. The van der Waals surface area contributed by atoms with Crippen LogP contribution in [0.25, 0.3) is 0 Å². The molecule has 0 aliphatic heterocycles. The Morgan fingerprint density at radius 3 is 2.62 bits per heavy atom. The summed E-state index contributed by atoms with van der Waals surface area (Å²) in [5, 5.41) is 0. The third kappa shape index (κ3) is 4.46. The van der Waals surface area contributed by atoms with Crippen molar-refractivity contribution in [1.82, 2.24) is 0 Å². The highest BCUT2D eigenvalue weighted by molar-refractivity contribution is 14.1. The minimum atomic E-state index is 0.684. The summed E-state index contributed by atoms with van der Waals surface area (Å²) in [5.74, 6) is 1.54. The van der Waals surface area contributed by atoms with Gasteiger partial charge < -0.3 is 9.47 Å². The van der Waals surface area contributed by atoms with E-state index in [0.717, 1.165) is 32.7 Å². The van der Waals surface area contributed by atoms with Crippen LogP contribution in [0.1, 0.15) is 18.9 Å². The lowest BCUT2D eigenvalue weighted by molar-refractivity contribution is 0.292. The fourth-order valence-electron chi connectivity index (χ4n) is 1.82. The summed E-state index contributed by atoms with van der Waals surface area (Å²) in [4.78, 5) is 4.46. The van der Waals surface area contributed by atoms with Crippen molar-refractivity contribution in [2.24, 2.45) is 4.99 Å². The molecule has 0 bridgehead atoms. The largest absolute Gasteiger partial charge is 0.493 e. The summed E-state index contributed by atoms with van der Waals surface area (Å²) < 4.78 is 12.2. The fraction of sp³-hybridized carbons (Fsp3) is 0.235. The number of benzene rings is 2. The second kappa shape index (κ2) is 8.02. The van der Waals surface area contributed by atoms with Crippen LogP contribution in [0.3, 0.4) is 0 Å². The first-order valence-corrected chi connectivity index (χ1v) is 7.92. The Morgan fingerprint density at radius 2 is 1.95 bits per heavy atom. The SMILES string of the molecule is CCCOc1c(I)cc(C=Nc2ccccc2)cc1OC. The van der Waals surface area contributed by atoms with Gasteiger partial charge in [-0.3, -0.25) is 4.99 Å². The number of hydrogen-bond donors (Lipinski definition) is 0. The summed E-state index contributed by atoms with van der Waals surface area (Å²) >= 11 is 2.26. The van der Waals surface area contributed by atoms with Gasteiger partial charge in [-0.1, -0.05) is 25.1 Å². The average molecular weight is 395 g/mol. The number of aliphatic imine (C=N–C) groups is 1. The first-order valence-electron chi connectivity index (χ1n) is 6.84. The Hall–Kier alpha value is -1.56. The maximum absolute atomic E-state index is 5.75. The van der Waals surface area contributed by atoms with Crippen molar-refractivity contribution >= 4 is 34.5 Å². The first kappa shape index (κ1) is 15.8. The minimum Gasteiger partial charge on any atom is -0.493 e. The van der Waals surface area contributed by atoms with Crippen molar-refractivity contribution in [2.45, 2.75) is 13.3 Å². The van der Waals surface area contributed by atoms with E-state index >= 15 is 0 Å². The van der Waals surface area contributed by atoms with Gasteiger partial charge in [0.2, 0.25) is 0 Å². The molecule has 0 saturated carbocycles. The maximum Gasteiger partial charge on any atom is 0.174 e. The molecule has 0 aliphatic carbocycles. The van der Waals surface area contributed by atoms with Crippen molar-refractivity contribution in [3.63, 3.8) is 0 Å². The number of rotatable bonds is 6. The van der Waals surface area contributed by atoms with E-state index < -0.39 is 0 Å². The zero-order chi connectivity index (χ0) is 15.1. The average Bonchev–Trinajstić information content (AvgIpc) is 2.52. The molecule has 0 amide bonds. The number of nitrogens with zero attached hydrogens (tertiary/aromatic N) is 1. The molecule has 0 atom stereocenters. The molecule has 0 unspecified atom stereocenters. The van der Waals surface area contributed by atoms with Gasteiger partial charge in [-0.25, -0.2) is 0 Å². The molecular formula is C17H18INO2. The van der Waals surface area contributed by atoms with Crippen LogP contribution in [0.4, 0.5) is 5.69 Å². The van der Waals surface area contributed by atoms with Crippen LogP contribution < -0.4 is 9.47 Å². The predicted molar refractivity (Wildman–Crippen MR) is 95.2 cm³/mol. The van der Waals surface area contributed by atoms with Crippen LogP contribution >= 0.6 is 22.6 Å². The molecule has 0 saturated heterocycles. The van der Waals surface area contributed by atoms with E-state index in [1.54, 1.807) is 7.11 Å². The Bertz CT molecular complexity index is 612. The Balaban J connectivity index is 2.25. The number of para-hydroxylation sites is 1. The molecule has 0 heterocycles. The molecule has 2 aromatic rings. The lowest BCUT2D eigenvalue weighted by Gasteiger charge is -2.12. The molecule has 21 heavy (non-hydrogen) atoms. The molecular weight excluding hydrogens is 377 g/mol. The molecule has 0 spiro atoms. The van der Waals surface area contributed by atoms with Crippen LogP contribution in [0.15, 0.2) is 47.5 Å². The molecule has 4 heteroatoms. The van der Waals surface area contributed by atoms with Gasteiger partial charge in [-0.05, 0) is 58.8 Å². The van der Waals surface area contributed by atoms with Crippen molar-refractivity contribution < 1.29 is 9.47 Å². The third-order valence-electron chi connectivity index (χ3n) is 2.82. The van der Waals surface area contributed by atoms with E-state index in [1.165, 1.54) is 0 Å². The van der Waals surface area contributed by atoms with Crippen LogP contribution in [0, 0.1) is 3.57 Å². The van der Waals surface area contributed by atoms with Crippen LogP contribution in [0.5, 0.6) is 11.5 Å². The summed E-state index contributed by atoms with van der Waals surface area (Å²) in [6.45, 7) is 2.77. The number of ether oxygens (including phenoxy) is 2. The number of methoxy groups -OCH3 is 1. The van der Waals surface area contributed by atoms with E-state index in [-0.39, 0.29) is 0 Å². The number of halogens is 1. The molecule has 2 rings (SSSR count). The minimum absolute atomic E-state index is 0.684. The molecule has 2 aromatic carbocycles. The van der Waals surface area contributed by atoms with Gasteiger partial charge in [-0.2, -0.15) is 0 Å². The summed E-state index contributed by atoms with van der Waals surface area (Å²) in [6.07, 6.45) is 2.81. The molecule has 0 radical (unpaired) electrons. The van der Waals surface area contributed by atoms with Crippen LogP contribution in [-0.4, -0.2) is 19.9 Å². The highest BCUT2D eigenvalue weighted by Crippen LogP contribution is 2.33. The lowest BCUT2D eigenvalue weighted by atomic mass is 10.2.